The number of nitrogens with zero attached hydrogens (tertiary/aromatic N) is 3. The fourth-order valence-electron chi connectivity index (χ4n) is 4.31. The molecule has 0 radical (unpaired) electrons. The molecular formula is C22H36N4O4. The maximum atomic E-state index is 6.03. The third-order valence-electron chi connectivity index (χ3n) is 6.00. The predicted molar refractivity (Wildman–Crippen MR) is 115 cm³/mol. The van der Waals surface area contributed by atoms with Gasteiger partial charge in [0.15, 0.2) is 5.96 Å². The molecule has 0 aliphatic carbocycles. The third kappa shape index (κ3) is 6.44. The number of aliphatic imine (C=N–C) groups is 1. The van der Waals surface area contributed by atoms with Gasteiger partial charge in [0.25, 0.3) is 0 Å². The van der Waals surface area contributed by atoms with Gasteiger partial charge in [0.1, 0.15) is 11.9 Å². The average molecular weight is 421 g/mol. The van der Waals surface area contributed by atoms with Crippen LogP contribution in [0.4, 0.5) is 0 Å². The Hall–Kier alpha value is -1.61. The van der Waals surface area contributed by atoms with Crippen molar-refractivity contribution >= 4 is 5.96 Å². The second-order valence-corrected chi connectivity index (χ2v) is 8.18. The molecule has 0 aromatic carbocycles. The van der Waals surface area contributed by atoms with Crippen molar-refractivity contribution < 1.29 is 18.6 Å². The quantitative estimate of drug-likeness (QED) is 0.387. The van der Waals surface area contributed by atoms with E-state index in [1.54, 1.807) is 6.26 Å². The average Bonchev–Trinajstić information content (AvgIpc) is 3.51. The molecule has 168 valence electrons. The molecule has 0 spiro atoms. The maximum Gasteiger partial charge on any atom is 0.194 e. The molecule has 30 heavy (non-hydrogen) atoms. The van der Waals surface area contributed by atoms with Crippen molar-refractivity contribution in [3.05, 3.63) is 24.2 Å². The van der Waals surface area contributed by atoms with Crippen LogP contribution in [0.25, 0.3) is 0 Å². The number of morpholine rings is 2. The van der Waals surface area contributed by atoms with Crippen molar-refractivity contribution in [1.29, 1.82) is 0 Å². The van der Waals surface area contributed by atoms with Gasteiger partial charge in [0, 0.05) is 58.8 Å². The first-order valence-electron chi connectivity index (χ1n) is 11.5. The van der Waals surface area contributed by atoms with E-state index < -0.39 is 0 Å². The molecule has 3 aliphatic rings. The lowest BCUT2D eigenvalue weighted by Crippen LogP contribution is -2.53. The molecule has 0 bridgehead atoms. The first-order chi connectivity index (χ1) is 14.9. The van der Waals surface area contributed by atoms with Crippen molar-refractivity contribution in [1.82, 2.24) is 15.1 Å². The normalized spacial score (nSPS) is 26.3. The lowest BCUT2D eigenvalue weighted by atomic mass is 10.1. The predicted octanol–water partition coefficient (Wildman–Crippen LogP) is 1.37. The molecule has 4 heterocycles. The molecule has 4 rings (SSSR count). The summed E-state index contributed by atoms with van der Waals surface area (Å²) in [5.41, 5.74) is 0. The number of furan rings is 1. The van der Waals surface area contributed by atoms with Crippen LogP contribution >= 0.6 is 0 Å². The second-order valence-electron chi connectivity index (χ2n) is 8.18. The maximum absolute atomic E-state index is 6.03. The molecule has 0 saturated carbocycles. The van der Waals surface area contributed by atoms with Gasteiger partial charge in [-0.3, -0.25) is 9.89 Å². The Bertz CT molecular complexity index is 627. The summed E-state index contributed by atoms with van der Waals surface area (Å²) >= 11 is 0. The van der Waals surface area contributed by atoms with E-state index in [-0.39, 0.29) is 12.2 Å². The number of ether oxygens (including phenoxy) is 3. The van der Waals surface area contributed by atoms with E-state index in [0.717, 1.165) is 110 Å². The zero-order valence-corrected chi connectivity index (χ0v) is 18.0. The number of guanidine groups is 1. The highest BCUT2D eigenvalue weighted by Gasteiger charge is 2.32. The van der Waals surface area contributed by atoms with Crippen LogP contribution in [-0.4, -0.2) is 100 Å². The first-order valence-corrected chi connectivity index (χ1v) is 11.5. The monoisotopic (exact) mass is 420 g/mol. The summed E-state index contributed by atoms with van der Waals surface area (Å²) in [7, 11) is 0. The minimum absolute atomic E-state index is 0.131. The van der Waals surface area contributed by atoms with Crippen molar-refractivity contribution in [2.24, 2.45) is 4.99 Å². The first kappa shape index (κ1) is 21.6. The summed E-state index contributed by atoms with van der Waals surface area (Å²) in [4.78, 5) is 9.76. The van der Waals surface area contributed by atoms with Crippen LogP contribution in [0.5, 0.6) is 0 Å². The van der Waals surface area contributed by atoms with Gasteiger partial charge < -0.3 is 28.8 Å². The standard InChI is InChI=1S/C22H36N4O4/c1-4-19(28-13-1)6-8-24-22(23-7-3-9-25-10-15-27-16-11-25)26-12-17-30-21(18-26)20-5-2-14-29-20/h1,4,13,20-21H,2-3,5-12,14-18H2,(H,23,24). The van der Waals surface area contributed by atoms with Crippen molar-refractivity contribution in [3.8, 4) is 0 Å². The minimum atomic E-state index is 0.131. The van der Waals surface area contributed by atoms with Gasteiger partial charge in [-0.1, -0.05) is 0 Å². The number of rotatable bonds is 8. The largest absolute Gasteiger partial charge is 0.469 e. The molecule has 1 aromatic rings. The van der Waals surface area contributed by atoms with Crippen LogP contribution in [0.15, 0.2) is 27.8 Å². The van der Waals surface area contributed by atoms with Crippen LogP contribution in [0.3, 0.4) is 0 Å². The highest BCUT2D eigenvalue weighted by Crippen LogP contribution is 2.21. The van der Waals surface area contributed by atoms with E-state index in [1.165, 1.54) is 0 Å². The number of hydrogen-bond acceptors (Lipinski definition) is 6. The Morgan fingerprint density at radius 2 is 2.00 bits per heavy atom. The highest BCUT2D eigenvalue weighted by molar-refractivity contribution is 5.80. The lowest BCUT2D eigenvalue weighted by molar-refractivity contribution is -0.0817. The van der Waals surface area contributed by atoms with Crippen molar-refractivity contribution in [3.63, 3.8) is 0 Å². The molecule has 3 saturated heterocycles. The number of nitrogens with one attached hydrogen (secondary N) is 1. The van der Waals surface area contributed by atoms with E-state index >= 15 is 0 Å². The van der Waals surface area contributed by atoms with Gasteiger partial charge in [0.2, 0.25) is 0 Å². The van der Waals surface area contributed by atoms with E-state index in [2.05, 4.69) is 15.1 Å². The summed E-state index contributed by atoms with van der Waals surface area (Å²) in [6, 6.07) is 3.95. The lowest BCUT2D eigenvalue weighted by Gasteiger charge is -2.37. The Balaban J connectivity index is 1.30. The molecule has 2 unspecified atom stereocenters. The molecule has 3 fully saturated rings. The van der Waals surface area contributed by atoms with Crippen LogP contribution in [-0.2, 0) is 20.6 Å². The third-order valence-corrected chi connectivity index (χ3v) is 6.00. The van der Waals surface area contributed by atoms with Crippen molar-refractivity contribution in [2.75, 3.05) is 72.2 Å². The van der Waals surface area contributed by atoms with E-state index in [1.807, 2.05) is 12.1 Å². The topological polar surface area (TPSA) is 71.7 Å². The Morgan fingerprint density at radius 3 is 2.80 bits per heavy atom. The number of hydrogen-bond donors (Lipinski definition) is 1. The van der Waals surface area contributed by atoms with Crippen LogP contribution in [0.1, 0.15) is 25.0 Å². The van der Waals surface area contributed by atoms with Crippen molar-refractivity contribution in [2.45, 2.75) is 37.9 Å². The fraction of sp³-hybridized carbons (Fsp3) is 0.773. The molecule has 1 N–H and O–H groups in total. The highest BCUT2D eigenvalue weighted by atomic mass is 16.5. The van der Waals surface area contributed by atoms with E-state index in [4.69, 9.17) is 23.6 Å². The SMILES string of the molecule is c1coc(CCNC(=NCCCN2CCOCC2)N2CCOC(C3CCCO3)C2)c1. The van der Waals surface area contributed by atoms with Gasteiger partial charge in [-0.15, -0.1) is 0 Å². The molecule has 0 amide bonds. The van der Waals surface area contributed by atoms with Gasteiger partial charge >= 0.3 is 0 Å². The van der Waals surface area contributed by atoms with Gasteiger partial charge in [0.05, 0.1) is 32.2 Å². The summed E-state index contributed by atoms with van der Waals surface area (Å²) in [5, 5.41) is 3.56. The van der Waals surface area contributed by atoms with Crippen LogP contribution in [0.2, 0.25) is 0 Å². The Kier molecular flexibility index (Phi) is 8.42. The molecule has 8 nitrogen and oxygen atoms in total. The van der Waals surface area contributed by atoms with Crippen LogP contribution in [0, 0.1) is 0 Å². The zero-order valence-electron chi connectivity index (χ0n) is 18.0. The van der Waals surface area contributed by atoms with E-state index in [0.29, 0.717) is 0 Å². The van der Waals surface area contributed by atoms with Gasteiger partial charge in [-0.25, -0.2) is 0 Å². The Labute approximate surface area is 179 Å². The van der Waals surface area contributed by atoms with Crippen LogP contribution < -0.4 is 5.32 Å². The Morgan fingerprint density at radius 1 is 1.10 bits per heavy atom. The summed E-state index contributed by atoms with van der Waals surface area (Å²) < 4.78 is 22.8. The smallest absolute Gasteiger partial charge is 0.194 e. The van der Waals surface area contributed by atoms with Gasteiger partial charge in [-0.2, -0.15) is 0 Å². The van der Waals surface area contributed by atoms with E-state index in [9.17, 15) is 0 Å². The summed E-state index contributed by atoms with van der Waals surface area (Å²) in [6.45, 7) is 9.73. The molecule has 3 aliphatic heterocycles. The minimum Gasteiger partial charge on any atom is -0.469 e. The molecular weight excluding hydrogens is 384 g/mol. The summed E-state index contributed by atoms with van der Waals surface area (Å²) in [5.74, 6) is 1.98. The summed E-state index contributed by atoms with van der Waals surface area (Å²) in [6.07, 6.45) is 6.21. The molecule has 2 atom stereocenters. The molecule has 1 aromatic heterocycles. The molecule has 8 heteroatoms. The van der Waals surface area contributed by atoms with Gasteiger partial charge in [-0.05, 0) is 31.4 Å². The zero-order chi connectivity index (χ0) is 20.4. The fourth-order valence-corrected chi connectivity index (χ4v) is 4.31. The second kappa shape index (κ2) is 11.7.